The predicted molar refractivity (Wildman–Crippen MR) is 97.9 cm³/mol. The fourth-order valence-electron chi connectivity index (χ4n) is 2.05. The van der Waals surface area contributed by atoms with E-state index in [9.17, 15) is 4.79 Å². The summed E-state index contributed by atoms with van der Waals surface area (Å²) in [4.78, 5) is 12.1. The van der Waals surface area contributed by atoms with E-state index < -0.39 is 0 Å². The maximum Gasteiger partial charge on any atom is 0.319 e. The van der Waals surface area contributed by atoms with Gasteiger partial charge in [-0.15, -0.1) is 10.2 Å². The lowest BCUT2D eigenvalue weighted by Gasteiger charge is -2.17. The second-order valence-electron chi connectivity index (χ2n) is 5.73. The predicted octanol–water partition coefficient (Wildman–Crippen LogP) is 3.73. The van der Waals surface area contributed by atoms with E-state index in [4.69, 9.17) is 21.1 Å². The van der Waals surface area contributed by atoms with E-state index in [1.54, 1.807) is 31.2 Å². The number of halogens is 1. The minimum atomic E-state index is -0.326. The molecule has 136 valence electrons. The average Bonchev–Trinajstić information content (AvgIpc) is 2.92. The first-order chi connectivity index (χ1) is 11.9. The number of nitrogens with zero attached hydrogens (tertiary/aromatic N) is 3. The fraction of sp³-hybridized carbons (Fsp3) is 0.471. The van der Waals surface area contributed by atoms with E-state index >= 15 is 0 Å². The number of hydrogen-bond donors (Lipinski definition) is 0. The second kappa shape index (κ2) is 9.10. The molecule has 0 N–H and O–H groups in total. The molecule has 0 aliphatic rings. The van der Waals surface area contributed by atoms with Crippen LogP contribution < -0.4 is 4.74 Å². The van der Waals surface area contributed by atoms with Gasteiger partial charge >= 0.3 is 5.97 Å². The number of esters is 1. The Morgan fingerprint density at radius 1 is 1.28 bits per heavy atom. The summed E-state index contributed by atoms with van der Waals surface area (Å²) >= 11 is 7.21. The normalized spacial score (nSPS) is 12.2. The van der Waals surface area contributed by atoms with Crippen LogP contribution in [0.1, 0.15) is 26.6 Å². The molecule has 0 saturated carbocycles. The molecule has 1 heterocycles. The molecular weight excluding hydrogens is 362 g/mol. The largest absolute Gasteiger partial charge is 0.486 e. The maximum atomic E-state index is 12.1. The van der Waals surface area contributed by atoms with Crippen LogP contribution in [0.25, 0.3) is 0 Å². The molecule has 0 aliphatic heterocycles. The van der Waals surface area contributed by atoms with Gasteiger partial charge in [0.1, 0.15) is 17.6 Å². The van der Waals surface area contributed by atoms with Crippen molar-refractivity contribution in [1.82, 2.24) is 14.8 Å². The monoisotopic (exact) mass is 383 g/mol. The third-order valence-corrected chi connectivity index (χ3v) is 5.27. The van der Waals surface area contributed by atoms with Crippen molar-refractivity contribution in [3.05, 3.63) is 35.1 Å². The zero-order chi connectivity index (χ0) is 18.4. The van der Waals surface area contributed by atoms with Crippen molar-refractivity contribution in [2.45, 2.75) is 37.8 Å². The van der Waals surface area contributed by atoms with Gasteiger partial charge in [0.2, 0.25) is 0 Å². The molecule has 0 radical (unpaired) electrons. The van der Waals surface area contributed by atoms with Crippen LogP contribution in [-0.2, 0) is 23.2 Å². The van der Waals surface area contributed by atoms with Gasteiger partial charge in [-0.2, -0.15) is 0 Å². The molecule has 25 heavy (non-hydrogen) atoms. The summed E-state index contributed by atoms with van der Waals surface area (Å²) < 4.78 is 12.7. The number of ether oxygens (including phenoxy) is 2. The van der Waals surface area contributed by atoms with Gasteiger partial charge in [0.05, 0.1) is 6.61 Å². The molecular formula is C17H22ClN3O3S. The topological polar surface area (TPSA) is 66.2 Å². The molecule has 0 spiro atoms. The zero-order valence-electron chi connectivity index (χ0n) is 14.7. The van der Waals surface area contributed by atoms with Crippen molar-refractivity contribution in [3.8, 4) is 5.75 Å². The fourth-order valence-corrected chi connectivity index (χ4v) is 3.19. The summed E-state index contributed by atoms with van der Waals surface area (Å²) in [5, 5.41) is 9.31. The number of rotatable bonds is 8. The summed E-state index contributed by atoms with van der Waals surface area (Å²) in [7, 11) is 1.85. The third-order valence-electron chi connectivity index (χ3n) is 3.46. The molecule has 1 aromatic carbocycles. The summed E-state index contributed by atoms with van der Waals surface area (Å²) in [5.74, 6) is 1.26. The van der Waals surface area contributed by atoms with Crippen LogP contribution in [0, 0.1) is 5.92 Å². The highest BCUT2D eigenvalue weighted by atomic mass is 35.5. The van der Waals surface area contributed by atoms with Crippen molar-refractivity contribution in [2.24, 2.45) is 13.0 Å². The van der Waals surface area contributed by atoms with Gasteiger partial charge < -0.3 is 14.0 Å². The number of aromatic nitrogens is 3. The Kier molecular flexibility index (Phi) is 7.13. The summed E-state index contributed by atoms with van der Waals surface area (Å²) in [6.45, 7) is 6.40. The zero-order valence-corrected chi connectivity index (χ0v) is 16.3. The third kappa shape index (κ3) is 5.37. The molecule has 0 fully saturated rings. The Bertz CT molecular complexity index is 704. The van der Waals surface area contributed by atoms with Crippen LogP contribution >= 0.6 is 23.4 Å². The molecule has 2 rings (SSSR count). The molecule has 2 aromatic rings. The number of benzene rings is 1. The summed E-state index contributed by atoms with van der Waals surface area (Å²) in [5.41, 5.74) is 0. The highest BCUT2D eigenvalue weighted by molar-refractivity contribution is 8.00. The first-order valence-electron chi connectivity index (χ1n) is 8.02. The Morgan fingerprint density at radius 2 is 1.96 bits per heavy atom. The van der Waals surface area contributed by atoms with Gasteiger partial charge in [0.15, 0.2) is 11.0 Å². The van der Waals surface area contributed by atoms with Gasteiger partial charge in [-0.05, 0) is 37.1 Å². The van der Waals surface area contributed by atoms with Crippen molar-refractivity contribution >= 4 is 29.3 Å². The van der Waals surface area contributed by atoms with Crippen LogP contribution in [0.5, 0.6) is 5.75 Å². The SMILES string of the molecule is CCOC(=O)[C@H](Sc1nnc(COc2ccc(Cl)cc2)n1C)C(C)C. The van der Waals surface area contributed by atoms with Crippen LogP contribution in [0.4, 0.5) is 0 Å². The number of carbonyl (C=O) groups excluding carboxylic acids is 1. The quantitative estimate of drug-likeness (QED) is 0.511. The van der Waals surface area contributed by atoms with Crippen molar-refractivity contribution < 1.29 is 14.3 Å². The van der Waals surface area contributed by atoms with Crippen molar-refractivity contribution in [3.63, 3.8) is 0 Å². The number of hydrogen-bond acceptors (Lipinski definition) is 6. The lowest BCUT2D eigenvalue weighted by atomic mass is 10.1. The van der Waals surface area contributed by atoms with E-state index in [1.807, 2.05) is 25.5 Å². The van der Waals surface area contributed by atoms with Gasteiger partial charge in [0, 0.05) is 12.1 Å². The summed E-state index contributed by atoms with van der Waals surface area (Å²) in [6.07, 6.45) is 0. The number of thioether (sulfide) groups is 1. The van der Waals surface area contributed by atoms with Crippen molar-refractivity contribution in [2.75, 3.05) is 6.61 Å². The standard InChI is InChI=1S/C17H22ClN3O3S/c1-5-23-16(22)15(11(2)3)25-17-20-19-14(21(17)4)10-24-13-8-6-12(18)7-9-13/h6-9,11,15H,5,10H2,1-4H3/t15-/m1/s1. The average molecular weight is 384 g/mol. The Balaban J connectivity index is 2.03. The lowest BCUT2D eigenvalue weighted by Crippen LogP contribution is -2.26. The summed E-state index contributed by atoms with van der Waals surface area (Å²) in [6, 6.07) is 7.12. The molecule has 0 unspecified atom stereocenters. The van der Waals surface area contributed by atoms with E-state index in [0.717, 1.165) is 0 Å². The minimum absolute atomic E-state index is 0.120. The van der Waals surface area contributed by atoms with Gasteiger partial charge in [-0.3, -0.25) is 4.79 Å². The molecule has 8 heteroatoms. The molecule has 1 aromatic heterocycles. The smallest absolute Gasteiger partial charge is 0.319 e. The van der Waals surface area contributed by atoms with Crippen LogP contribution in [0.3, 0.4) is 0 Å². The molecule has 0 bridgehead atoms. The molecule has 0 saturated heterocycles. The van der Waals surface area contributed by atoms with Crippen molar-refractivity contribution in [1.29, 1.82) is 0 Å². The van der Waals surface area contributed by atoms with Gasteiger partial charge in [-0.25, -0.2) is 0 Å². The van der Waals surface area contributed by atoms with Gasteiger partial charge in [0.25, 0.3) is 0 Å². The highest BCUT2D eigenvalue weighted by Crippen LogP contribution is 2.28. The minimum Gasteiger partial charge on any atom is -0.486 e. The highest BCUT2D eigenvalue weighted by Gasteiger charge is 2.27. The van der Waals surface area contributed by atoms with Crippen LogP contribution in [0.15, 0.2) is 29.4 Å². The van der Waals surface area contributed by atoms with Gasteiger partial charge in [-0.1, -0.05) is 37.2 Å². The maximum absolute atomic E-state index is 12.1. The van der Waals surface area contributed by atoms with E-state index in [-0.39, 0.29) is 23.7 Å². The Hall–Kier alpha value is -1.73. The van der Waals surface area contributed by atoms with Crippen LogP contribution in [-0.4, -0.2) is 32.6 Å². The Morgan fingerprint density at radius 3 is 2.56 bits per heavy atom. The second-order valence-corrected chi connectivity index (χ2v) is 7.28. The number of carbonyl (C=O) groups is 1. The first-order valence-corrected chi connectivity index (χ1v) is 9.28. The van der Waals surface area contributed by atoms with E-state index in [1.165, 1.54) is 11.8 Å². The van der Waals surface area contributed by atoms with E-state index in [0.29, 0.717) is 28.4 Å². The lowest BCUT2D eigenvalue weighted by molar-refractivity contribution is -0.143. The molecule has 6 nitrogen and oxygen atoms in total. The Labute approximate surface area is 156 Å². The molecule has 0 aliphatic carbocycles. The van der Waals surface area contributed by atoms with Crippen LogP contribution in [0.2, 0.25) is 5.02 Å². The van der Waals surface area contributed by atoms with E-state index in [2.05, 4.69) is 10.2 Å². The first kappa shape index (κ1) is 19.6. The molecule has 1 atom stereocenters. The molecule has 0 amide bonds.